The number of hydrogen-bond acceptors (Lipinski definition) is 0. The zero-order valence-corrected chi connectivity index (χ0v) is 13.1. The standard InChI is InChI=1S/C20H15Br/c21-20-15-14-17(18-12-6-7-13-19(18)20)11-5-4-10-16-8-2-1-3-9-16/h1-15H/b10-4+,11-5+. The van der Waals surface area contributed by atoms with Gasteiger partial charge in [-0.2, -0.15) is 0 Å². The van der Waals surface area contributed by atoms with E-state index >= 15 is 0 Å². The molecule has 3 rings (SSSR count). The summed E-state index contributed by atoms with van der Waals surface area (Å²) in [7, 11) is 0. The Balaban J connectivity index is 1.87. The lowest BCUT2D eigenvalue weighted by atomic mass is 10.0. The summed E-state index contributed by atoms with van der Waals surface area (Å²) < 4.78 is 1.13. The van der Waals surface area contributed by atoms with Crippen LogP contribution < -0.4 is 0 Å². The quantitative estimate of drug-likeness (QED) is 0.491. The van der Waals surface area contributed by atoms with E-state index in [4.69, 9.17) is 0 Å². The van der Waals surface area contributed by atoms with Crippen LogP contribution in [-0.2, 0) is 0 Å². The number of benzene rings is 3. The Labute approximate surface area is 133 Å². The van der Waals surface area contributed by atoms with Crippen LogP contribution in [0, 0.1) is 0 Å². The van der Waals surface area contributed by atoms with Gasteiger partial charge in [-0.1, -0.05) is 101 Å². The number of fused-ring (bicyclic) bond motifs is 1. The summed E-state index contributed by atoms with van der Waals surface area (Å²) in [6.07, 6.45) is 8.42. The Bertz CT molecular complexity index is 798. The highest BCUT2D eigenvalue weighted by Crippen LogP contribution is 2.27. The molecule has 0 aliphatic rings. The number of allylic oxidation sites excluding steroid dienone is 2. The highest BCUT2D eigenvalue weighted by atomic mass is 79.9. The smallest absolute Gasteiger partial charge is 0.0254 e. The molecular formula is C20H15Br. The Morgan fingerprint density at radius 1 is 0.619 bits per heavy atom. The van der Waals surface area contributed by atoms with Gasteiger partial charge in [0.2, 0.25) is 0 Å². The second-order valence-electron chi connectivity index (χ2n) is 4.81. The van der Waals surface area contributed by atoms with Crippen LogP contribution in [-0.4, -0.2) is 0 Å². The first-order chi connectivity index (χ1) is 10.3. The van der Waals surface area contributed by atoms with Gasteiger partial charge in [0, 0.05) is 4.47 Å². The van der Waals surface area contributed by atoms with Crippen molar-refractivity contribution in [1.82, 2.24) is 0 Å². The van der Waals surface area contributed by atoms with E-state index in [0.29, 0.717) is 0 Å². The first-order valence-electron chi connectivity index (χ1n) is 6.92. The minimum absolute atomic E-state index is 1.13. The van der Waals surface area contributed by atoms with E-state index in [1.807, 2.05) is 18.2 Å². The molecule has 3 aromatic carbocycles. The maximum absolute atomic E-state index is 3.61. The van der Waals surface area contributed by atoms with Gasteiger partial charge in [-0.05, 0) is 28.0 Å². The van der Waals surface area contributed by atoms with E-state index in [1.54, 1.807) is 0 Å². The lowest BCUT2D eigenvalue weighted by Crippen LogP contribution is -1.79. The highest BCUT2D eigenvalue weighted by Gasteiger charge is 2.00. The van der Waals surface area contributed by atoms with Gasteiger partial charge in [0.25, 0.3) is 0 Å². The first-order valence-corrected chi connectivity index (χ1v) is 7.71. The molecule has 0 radical (unpaired) electrons. The molecule has 0 N–H and O–H groups in total. The molecule has 0 spiro atoms. The van der Waals surface area contributed by atoms with E-state index < -0.39 is 0 Å². The third-order valence-electron chi connectivity index (χ3n) is 3.38. The van der Waals surface area contributed by atoms with Crippen LogP contribution in [0.3, 0.4) is 0 Å². The minimum Gasteiger partial charge on any atom is -0.0622 e. The van der Waals surface area contributed by atoms with E-state index in [0.717, 1.165) is 4.47 Å². The van der Waals surface area contributed by atoms with Crippen molar-refractivity contribution >= 4 is 38.9 Å². The predicted octanol–water partition coefficient (Wildman–Crippen LogP) is 6.33. The molecule has 0 atom stereocenters. The molecule has 0 fully saturated rings. The molecule has 0 aliphatic heterocycles. The summed E-state index contributed by atoms with van der Waals surface area (Å²) in [5.74, 6) is 0. The van der Waals surface area contributed by atoms with Crippen LogP contribution >= 0.6 is 15.9 Å². The van der Waals surface area contributed by atoms with E-state index in [2.05, 4.69) is 88.8 Å². The van der Waals surface area contributed by atoms with Crippen molar-refractivity contribution in [1.29, 1.82) is 0 Å². The topological polar surface area (TPSA) is 0 Å². The molecule has 0 heterocycles. The molecule has 0 aliphatic carbocycles. The SMILES string of the molecule is Brc1ccc(/C=C/C=C/c2ccccc2)c2ccccc12. The maximum atomic E-state index is 3.61. The first kappa shape index (κ1) is 13.8. The summed E-state index contributed by atoms with van der Waals surface area (Å²) in [5, 5.41) is 2.50. The average Bonchev–Trinajstić information content (AvgIpc) is 2.55. The summed E-state index contributed by atoms with van der Waals surface area (Å²) in [5.41, 5.74) is 2.44. The van der Waals surface area contributed by atoms with Crippen LogP contribution in [0.1, 0.15) is 11.1 Å². The van der Waals surface area contributed by atoms with Crippen molar-refractivity contribution in [2.75, 3.05) is 0 Å². The molecule has 0 amide bonds. The van der Waals surface area contributed by atoms with Gasteiger partial charge in [0.05, 0.1) is 0 Å². The normalized spacial score (nSPS) is 11.7. The molecule has 21 heavy (non-hydrogen) atoms. The van der Waals surface area contributed by atoms with Gasteiger partial charge in [0.1, 0.15) is 0 Å². The van der Waals surface area contributed by atoms with Crippen LogP contribution in [0.25, 0.3) is 22.9 Å². The van der Waals surface area contributed by atoms with Crippen molar-refractivity contribution in [3.63, 3.8) is 0 Å². The molecule has 0 unspecified atom stereocenters. The molecule has 102 valence electrons. The van der Waals surface area contributed by atoms with Crippen LogP contribution in [0.2, 0.25) is 0 Å². The van der Waals surface area contributed by atoms with Gasteiger partial charge in [-0.3, -0.25) is 0 Å². The highest BCUT2D eigenvalue weighted by molar-refractivity contribution is 9.10. The lowest BCUT2D eigenvalue weighted by Gasteiger charge is -2.04. The van der Waals surface area contributed by atoms with E-state index in [1.165, 1.54) is 21.9 Å². The monoisotopic (exact) mass is 334 g/mol. The zero-order chi connectivity index (χ0) is 14.5. The lowest BCUT2D eigenvalue weighted by molar-refractivity contribution is 1.66. The third-order valence-corrected chi connectivity index (χ3v) is 4.07. The van der Waals surface area contributed by atoms with Gasteiger partial charge in [0.15, 0.2) is 0 Å². The van der Waals surface area contributed by atoms with E-state index in [-0.39, 0.29) is 0 Å². The average molecular weight is 335 g/mol. The van der Waals surface area contributed by atoms with Crippen molar-refractivity contribution in [2.45, 2.75) is 0 Å². The van der Waals surface area contributed by atoms with Crippen LogP contribution in [0.5, 0.6) is 0 Å². The number of hydrogen-bond donors (Lipinski definition) is 0. The molecule has 0 aromatic heterocycles. The summed E-state index contributed by atoms with van der Waals surface area (Å²) in [6, 6.07) is 23.0. The summed E-state index contributed by atoms with van der Waals surface area (Å²) in [6.45, 7) is 0. The Hall–Kier alpha value is -2.12. The van der Waals surface area contributed by atoms with Gasteiger partial charge in [-0.15, -0.1) is 0 Å². The van der Waals surface area contributed by atoms with Crippen molar-refractivity contribution in [3.8, 4) is 0 Å². The maximum Gasteiger partial charge on any atom is 0.0254 e. The van der Waals surface area contributed by atoms with Crippen molar-refractivity contribution in [3.05, 3.63) is 94.5 Å². The van der Waals surface area contributed by atoms with Crippen molar-refractivity contribution in [2.24, 2.45) is 0 Å². The fourth-order valence-corrected chi connectivity index (χ4v) is 2.80. The van der Waals surface area contributed by atoms with Crippen LogP contribution in [0.4, 0.5) is 0 Å². The summed E-state index contributed by atoms with van der Waals surface area (Å²) in [4.78, 5) is 0. The fourth-order valence-electron chi connectivity index (χ4n) is 2.32. The number of halogens is 1. The molecule has 0 saturated heterocycles. The summed E-state index contributed by atoms with van der Waals surface area (Å²) >= 11 is 3.61. The minimum atomic E-state index is 1.13. The van der Waals surface area contributed by atoms with E-state index in [9.17, 15) is 0 Å². The molecule has 1 heteroatoms. The van der Waals surface area contributed by atoms with Gasteiger partial charge in [-0.25, -0.2) is 0 Å². The van der Waals surface area contributed by atoms with Crippen LogP contribution in [0.15, 0.2) is 83.4 Å². The largest absolute Gasteiger partial charge is 0.0622 e. The second-order valence-corrected chi connectivity index (χ2v) is 5.67. The molecule has 0 bridgehead atoms. The van der Waals surface area contributed by atoms with Gasteiger partial charge < -0.3 is 0 Å². The Kier molecular flexibility index (Phi) is 4.32. The van der Waals surface area contributed by atoms with Crippen molar-refractivity contribution < 1.29 is 0 Å². The Morgan fingerprint density at radius 2 is 1.29 bits per heavy atom. The zero-order valence-electron chi connectivity index (χ0n) is 11.5. The molecule has 3 aromatic rings. The fraction of sp³-hybridized carbons (Fsp3) is 0. The molecule has 0 saturated carbocycles. The third kappa shape index (κ3) is 3.32. The second kappa shape index (κ2) is 6.55. The molecular weight excluding hydrogens is 320 g/mol. The van der Waals surface area contributed by atoms with Gasteiger partial charge >= 0.3 is 0 Å². The predicted molar refractivity (Wildman–Crippen MR) is 96.2 cm³/mol. The number of rotatable bonds is 3. The Morgan fingerprint density at radius 3 is 2.10 bits per heavy atom. The molecule has 0 nitrogen and oxygen atoms in total.